The highest BCUT2D eigenvalue weighted by molar-refractivity contribution is 8.00. The van der Waals surface area contributed by atoms with Gasteiger partial charge in [-0.1, -0.05) is 59.5 Å². The average molecular weight is 642 g/mol. The van der Waals surface area contributed by atoms with Gasteiger partial charge in [0.2, 0.25) is 11.8 Å². The number of carbonyl (C=O) groups is 3. The molecule has 1 aromatic heterocycles. The van der Waals surface area contributed by atoms with E-state index < -0.39 is 52.9 Å². The van der Waals surface area contributed by atoms with Crippen LogP contribution in [-0.2, 0) is 20.6 Å². The summed E-state index contributed by atoms with van der Waals surface area (Å²) in [7, 11) is 1.37. The molecule has 0 saturated carbocycles. The number of nitrogens with zero attached hydrogens (tertiary/aromatic N) is 1. The molecule has 3 unspecified atom stereocenters. The topological polar surface area (TPSA) is 118 Å². The van der Waals surface area contributed by atoms with Gasteiger partial charge in [-0.25, -0.2) is 4.90 Å². The van der Waals surface area contributed by atoms with E-state index in [9.17, 15) is 32.3 Å². The number of amides is 3. The number of imide groups is 1. The van der Waals surface area contributed by atoms with E-state index in [1.807, 2.05) is 0 Å². The second-order valence-corrected chi connectivity index (χ2v) is 12.1. The number of methoxy groups -OCH3 is 1. The molecule has 3 amide bonds. The number of hydrogen-bond acceptors (Lipinski definition) is 8. The summed E-state index contributed by atoms with van der Waals surface area (Å²) in [6.07, 6.45) is -4.66. The monoisotopic (exact) mass is 641 g/mol. The summed E-state index contributed by atoms with van der Waals surface area (Å²) in [5.74, 6) is -2.79. The summed E-state index contributed by atoms with van der Waals surface area (Å²) in [6.45, 7) is -0.616. The Bertz CT molecular complexity index is 1820. The van der Waals surface area contributed by atoms with Crippen molar-refractivity contribution in [3.63, 3.8) is 0 Å². The number of carbonyl (C=O) groups excluding carboxylic acids is 3. The molecule has 6 rings (SSSR count). The van der Waals surface area contributed by atoms with Crippen LogP contribution in [-0.4, -0.2) is 41.7 Å². The van der Waals surface area contributed by atoms with Gasteiger partial charge >= 0.3 is 11.0 Å². The zero-order valence-corrected chi connectivity index (χ0v) is 24.3. The molecular formula is C30H22F3N3O6S2. The zero-order chi connectivity index (χ0) is 31.2. The van der Waals surface area contributed by atoms with Crippen molar-refractivity contribution in [1.82, 2.24) is 4.98 Å². The molecule has 14 heteroatoms. The third-order valence-electron chi connectivity index (χ3n) is 7.25. The van der Waals surface area contributed by atoms with Gasteiger partial charge in [0.25, 0.3) is 5.91 Å². The van der Waals surface area contributed by atoms with Crippen LogP contribution in [0.3, 0.4) is 0 Å². The van der Waals surface area contributed by atoms with E-state index >= 15 is 0 Å². The first-order chi connectivity index (χ1) is 21.1. The van der Waals surface area contributed by atoms with Gasteiger partial charge in [0.05, 0.1) is 35.0 Å². The lowest BCUT2D eigenvalue weighted by Crippen LogP contribution is -2.32. The summed E-state index contributed by atoms with van der Waals surface area (Å²) in [5.41, 5.74) is -0.370. The minimum absolute atomic E-state index is 0.124. The number of halogens is 3. The second-order valence-electron chi connectivity index (χ2n) is 9.89. The molecule has 226 valence electrons. The number of rotatable bonds is 7. The van der Waals surface area contributed by atoms with E-state index in [0.717, 1.165) is 35.2 Å². The van der Waals surface area contributed by atoms with Crippen molar-refractivity contribution in [1.29, 1.82) is 0 Å². The van der Waals surface area contributed by atoms with Crippen LogP contribution in [0.1, 0.15) is 21.9 Å². The first-order valence-corrected chi connectivity index (χ1v) is 14.9. The number of anilines is 2. The van der Waals surface area contributed by atoms with Crippen molar-refractivity contribution in [2.75, 3.05) is 23.9 Å². The first kappa shape index (κ1) is 29.5. The Labute approximate surface area is 256 Å². The molecule has 1 saturated heterocycles. The van der Waals surface area contributed by atoms with Gasteiger partial charge in [-0.2, -0.15) is 13.2 Å². The maximum atomic E-state index is 13.8. The number of aromatic amines is 1. The highest BCUT2D eigenvalue weighted by atomic mass is 32.2. The summed E-state index contributed by atoms with van der Waals surface area (Å²) in [6, 6.07) is 17.9. The predicted molar refractivity (Wildman–Crippen MR) is 157 cm³/mol. The number of fused-ring (bicyclic) bond motifs is 2. The van der Waals surface area contributed by atoms with Gasteiger partial charge < -0.3 is 19.8 Å². The van der Waals surface area contributed by atoms with Crippen LogP contribution in [0.5, 0.6) is 11.5 Å². The van der Waals surface area contributed by atoms with Gasteiger partial charge in [0.15, 0.2) is 18.1 Å². The lowest BCUT2D eigenvalue weighted by Gasteiger charge is -2.30. The number of para-hydroxylation sites is 2. The van der Waals surface area contributed by atoms with Gasteiger partial charge in [-0.15, -0.1) is 0 Å². The number of nitrogens with one attached hydrogen (secondary N) is 2. The molecule has 3 heterocycles. The number of aromatic nitrogens is 1. The van der Waals surface area contributed by atoms with Gasteiger partial charge in [-0.3, -0.25) is 19.2 Å². The Morgan fingerprint density at radius 3 is 2.43 bits per heavy atom. The molecule has 44 heavy (non-hydrogen) atoms. The molecule has 0 aliphatic carbocycles. The van der Waals surface area contributed by atoms with E-state index in [0.29, 0.717) is 21.2 Å². The summed E-state index contributed by atoms with van der Waals surface area (Å²) >= 11 is 2.12. The minimum atomic E-state index is -4.66. The van der Waals surface area contributed by atoms with Crippen molar-refractivity contribution < 1.29 is 37.0 Å². The number of thiazole rings is 1. The first-order valence-electron chi connectivity index (χ1n) is 13.2. The van der Waals surface area contributed by atoms with Crippen molar-refractivity contribution in [2.45, 2.75) is 22.4 Å². The summed E-state index contributed by atoms with van der Waals surface area (Å²) in [5, 5.41) is 1.95. The van der Waals surface area contributed by atoms with E-state index in [1.165, 1.54) is 30.2 Å². The third-order valence-corrected chi connectivity index (χ3v) is 9.65. The van der Waals surface area contributed by atoms with Crippen LogP contribution < -0.4 is 24.6 Å². The van der Waals surface area contributed by atoms with Gasteiger partial charge in [-0.05, 0) is 42.0 Å². The number of alkyl halides is 3. The Morgan fingerprint density at radius 1 is 0.977 bits per heavy atom. The van der Waals surface area contributed by atoms with E-state index in [-0.39, 0.29) is 22.3 Å². The number of benzene rings is 3. The van der Waals surface area contributed by atoms with Crippen LogP contribution in [0.15, 0.2) is 82.6 Å². The number of ether oxygens (including phenoxy) is 2. The predicted octanol–water partition coefficient (Wildman–Crippen LogP) is 5.28. The van der Waals surface area contributed by atoms with Crippen LogP contribution in [0.4, 0.5) is 24.5 Å². The molecule has 0 radical (unpaired) electrons. The summed E-state index contributed by atoms with van der Waals surface area (Å²) in [4.78, 5) is 56.5. The van der Waals surface area contributed by atoms with Gasteiger partial charge in [0, 0.05) is 10.8 Å². The molecular weight excluding hydrogens is 619 g/mol. The fourth-order valence-electron chi connectivity index (χ4n) is 5.37. The molecule has 2 aliphatic rings. The molecule has 2 N–H and O–H groups in total. The lowest BCUT2D eigenvalue weighted by molar-refractivity contribution is -0.137. The van der Waals surface area contributed by atoms with Crippen molar-refractivity contribution in [3.05, 3.63) is 98.5 Å². The van der Waals surface area contributed by atoms with E-state index in [4.69, 9.17) is 9.47 Å². The Hall–Kier alpha value is -4.56. The highest BCUT2D eigenvalue weighted by Gasteiger charge is 2.56. The fourth-order valence-corrected chi connectivity index (χ4v) is 7.89. The lowest BCUT2D eigenvalue weighted by atomic mass is 9.83. The zero-order valence-electron chi connectivity index (χ0n) is 22.7. The third kappa shape index (κ3) is 5.35. The van der Waals surface area contributed by atoms with E-state index in [1.54, 1.807) is 42.5 Å². The second kappa shape index (κ2) is 11.5. The molecule has 0 spiro atoms. The SMILES string of the molecule is COc1cc(C2c3sc(=O)[nH]c3SC3C(=O)N(c4ccccc4)C(=O)C32)ccc1OCC(=O)Nc1ccccc1C(F)(F)F. The maximum Gasteiger partial charge on any atom is 0.418 e. The molecule has 0 bridgehead atoms. The van der Waals surface area contributed by atoms with Crippen molar-refractivity contribution in [3.8, 4) is 11.5 Å². The molecule has 9 nitrogen and oxygen atoms in total. The van der Waals surface area contributed by atoms with Crippen LogP contribution in [0.2, 0.25) is 0 Å². The standard InChI is InChI=1S/C30H22F3N3O6S2/c1-41-20-13-15(11-12-19(20)42-14-21(37)34-18-10-6-5-9-17(18)30(31,32)33)22-23-25(43-26-24(22)44-29(40)35-26)28(39)36(27(23)38)16-7-3-2-4-8-16/h2-13,22-23,25H,14H2,1H3,(H,34,37)(H,35,40). The van der Waals surface area contributed by atoms with Crippen LogP contribution in [0, 0.1) is 5.92 Å². The normalized spacial score (nSPS) is 19.4. The van der Waals surface area contributed by atoms with Crippen molar-refractivity contribution in [2.24, 2.45) is 5.92 Å². The van der Waals surface area contributed by atoms with Crippen molar-refractivity contribution >= 4 is 52.2 Å². The Morgan fingerprint density at radius 2 is 1.70 bits per heavy atom. The molecule has 1 fully saturated rings. The molecule has 4 aromatic rings. The van der Waals surface area contributed by atoms with E-state index in [2.05, 4.69) is 10.3 Å². The maximum absolute atomic E-state index is 13.8. The van der Waals surface area contributed by atoms with Crippen LogP contribution >= 0.6 is 23.1 Å². The number of H-pyrrole nitrogens is 1. The van der Waals surface area contributed by atoms with Gasteiger partial charge in [0.1, 0.15) is 5.25 Å². The minimum Gasteiger partial charge on any atom is -0.493 e. The number of thioether (sulfide) groups is 1. The molecule has 2 aliphatic heterocycles. The fraction of sp³-hybridized carbons (Fsp3) is 0.200. The highest BCUT2D eigenvalue weighted by Crippen LogP contribution is 2.53. The molecule has 3 atom stereocenters. The Balaban J connectivity index is 1.28. The number of hydrogen-bond donors (Lipinski definition) is 2. The van der Waals surface area contributed by atoms with Crippen LogP contribution in [0.25, 0.3) is 0 Å². The largest absolute Gasteiger partial charge is 0.493 e. The Kier molecular flexibility index (Phi) is 7.72. The summed E-state index contributed by atoms with van der Waals surface area (Å²) < 4.78 is 51.0. The smallest absolute Gasteiger partial charge is 0.418 e. The molecule has 3 aromatic carbocycles. The quantitative estimate of drug-likeness (QED) is 0.264. The average Bonchev–Trinajstić information content (AvgIpc) is 3.50.